The number of nitrogens with zero attached hydrogens (tertiary/aromatic N) is 5. The van der Waals surface area contributed by atoms with E-state index in [0.29, 0.717) is 48.3 Å². The van der Waals surface area contributed by atoms with Crippen LogP contribution in [0.4, 0.5) is 11.4 Å². The van der Waals surface area contributed by atoms with Gasteiger partial charge in [-0.3, -0.25) is 10.0 Å². The van der Waals surface area contributed by atoms with Crippen LogP contribution in [-0.4, -0.2) is 58.9 Å². The summed E-state index contributed by atoms with van der Waals surface area (Å²) in [5.41, 5.74) is 2.67. The van der Waals surface area contributed by atoms with Gasteiger partial charge in [-0.2, -0.15) is 0 Å². The fourth-order valence-corrected chi connectivity index (χ4v) is 4.19. The Balaban J connectivity index is 1.52. The number of hydrogen-bond acceptors (Lipinski definition) is 7. The zero-order valence-electron chi connectivity index (χ0n) is 17.7. The number of carbonyl (C=O) groups is 1. The number of rotatable bonds is 5. The van der Waals surface area contributed by atoms with Crippen LogP contribution in [0.3, 0.4) is 0 Å². The summed E-state index contributed by atoms with van der Waals surface area (Å²) >= 11 is 6.30. The summed E-state index contributed by atoms with van der Waals surface area (Å²) in [6.07, 6.45) is 1.63. The van der Waals surface area contributed by atoms with E-state index in [1.807, 2.05) is 29.2 Å². The first-order valence-corrected chi connectivity index (χ1v) is 10.4. The smallest absolute Gasteiger partial charge is 0.272 e. The molecule has 1 aromatic heterocycles. The van der Waals surface area contributed by atoms with Gasteiger partial charge in [-0.15, -0.1) is 0 Å². The van der Waals surface area contributed by atoms with Crippen LogP contribution in [0, 0.1) is 5.21 Å². The minimum atomic E-state index is -0.223. The fourth-order valence-electron chi connectivity index (χ4n) is 3.89. The lowest BCUT2D eigenvalue weighted by Gasteiger charge is -2.37. The van der Waals surface area contributed by atoms with Crippen molar-refractivity contribution < 1.29 is 14.7 Å². The van der Waals surface area contributed by atoms with Crippen molar-refractivity contribution in [2.75, 3.05) is 43.4 Å². The minimum Gasteiger partial charge on any atom is -0.733 e. The predicted molar refractivity (Wildman–Crippen MR) is 122 cm³/mol. The van der Waals surface area contributed by atoms with E-state index in [1.54, 1.807) is 36.0 Å². The maximum Gasteiger partial charge on any atom is 0.272 e. The molecular weight excluding hydrogens is 434 g/mol. The normalized spacial score (nSPS) is 13.9. The molecule has 0 saturated carbocycles. The molecule has 10 heteroatoms. The molecule has 4 rings (SSSR count). The SMILES string of the molecule is COc1ccccc1-c1ncn(C)c1C(=O)N1CCN(c2ccc(N([O-])O)cc2Cl)CC1. The Morgan fingerprint density at radius 1 is 1.19 bits per heavy atom. The molecule has 2 heterocycles. The first-order valence-electron chi connectivity index (χ1n) is 10.0. The Labute approximate surface area is 190 Å². The van der Waals surface area contributed by atoms with Crippen LogP contribution < -0.4 is 14.9 Å². The number of piperazine rings is 1. The highest BCUT2D eigenvalue weighted by Crippen LogP contribution is 2.33. The molecule has 1 N–H and O–H groups in total. The number of amides is 1. The maximum atomic E-state index is 13.4. The van der Waals surface area contributed by atoms with Gasteiger partial charge in [-0.05, 0) is 30.3 Å². The van der Waals surface area contributed by atoms with E-state index in [0.717, 1.165) is 11.3 Å². The Morgan fingerprint density at radius 2 is 1.91 bits per heavy atom. The van der Waals surface area contributed by atoms with Gasteiger partial charge in [0.15, 0.2) is 0 Å². The minimum absolute atomic E-state index is 0.0626. The third-order valence-electron chi connectivity index (χ3n) is 5.56. The molecule has 2 aromatic carbocycles. The highest BCUT2D eigenvalue weighted by molar-refractivity contribution is 6.33. The number of methoxy groups -OCH3 is 1. The number of halogens is 1. The van der Waals surface area contributed by atoms with Crippen LogP contribution in [0.15, 0.2) is 48.8 Å². The molecule has 1 saturated heterocycles. The zero-order chi connectivity index (χ0) is 22.8. The van der Waals surface area contributed by atoms with Crippen LogP contribution >= 0.6 is 11.6 Å². The summed E-state index contributed by atoms with van der Waals surface area (Å²) in [6, 6.07) is 12.1. The van der Waals surface area contributed by atoms with Gasteiger partial charge in [-0.1, -0.05) is 23.7 Å². The van der Waals surface area contributed by atoms with E-state index >= 15 is 0 Å². The molecule has 3 aromatic rings. The lowest BCUT2D eigenvalue weighted by Crippen LogP contribution is -2.49. The van der Waals surface area contributed by atoms with E-state index < -0.39 is 0 Å². The number of carbonyl (C=O) groups excluding carboxylic acids is 1. The van der Waals surface area contributed by atoms with Crippen LogP contribution in [0.25, 0.3) is 11.3 Å². The fraction of sp³-hybridized carbons (Fsp3) is 0.273. The number of imidazole rings is 1. The van der Waals surface area contributed by atoms with Gasteiger partial charge >= 0.3 is 0 Å². The maximum absolute atomic E-state index is 13.4. The summed E-state index contributed by atoms with van der Waals surface area (Å²) in [4.78, 5) is 21.7. The van der Waals surface area contributed by atoms with Crippen LogP contribution in [0.2, 0.25) is 5.02 Å². The van der Waals surface area contributed by atoms with E-state index in [4.69, 9.17) is 21.5 Å². The first-order chi connectivity index (χ1) is 15.4. The van der Waals surface area contributed by atoms with Gasteiger partial charge in [0.1, 0.15) is 17.1 Å². The Hall–Kier alpha value is -3.27. The van der Waals surface area contributed by atoms with Crippen LogP contribution in [0.1, 0.15) is 10.5 Å². The van der Waals surface area contributed by atoms with Crippen molar-refractivity contribution in [1.29, 1.82) is 0 Å². The molecule has 0 atom stereocenters. The summed E-state index contributed by atoms with van der Waals surface area (Å²) in [6.45, 7) is 2.15. The molecule has 0 radical (unpaired) electrons. The lowest BCUT2D eigenvalue weighted by atomic mass is 10.1. The molecule has 0 unspecified atom stereocenters. The largest absolute Gasteiger partial charge is 0.733 e. The van der Waals surface area contributed by atoms with Crippen molar-refractivity contribution in [2.24, 2.45) is 7.05 Å². The van der Waals surface area contributed by atoms with Crippen molar-refractivity contribution in [3.8, 4) is 17.0 Å². The Kier molecular flexibility index (Phi) is 6.22. The molecule has 1 aliphatic heterocycles. The third-order valence-corrected chi connectivity index (χ3v) is 5.86. The van der Waals surface area contributed by atoms with Gasteiger partial charge in [0, 0.05) is 38.8 Å². The average Bonchev–Trinajstić information content (AvgIpc) is 3.19. The molecule has 168 valence electrons. The second-order valence-electron chi connectivity index (χ2n) is 7.44. The average molecular weight is 457 g/mol. The molecule has 0 aliphatic carbocycles. The summed E-state index contributed by atoms with van der Waals surface area (Å²) in [5, 5.41) is 20.2. The van der Waals surface area contributed by atoms with Crippen molar-refractivity contribution in [2.45, 2.75) is 0 Å². The molecule has 9 nitrogen and oxygen atoms in total. The lowest BCUT2D eigenvalue weighted by molar-refractivity contribution is 0.0738. The number of aryl methyl sites for hydroxylation is 1. The molecule has 32 heavy (non-hydrogen) atoms. The number of anilines is 2. The number of benzene rings is 2. The Morgan fingerprint density at radius 3 is 2.56 bits per heavy atom. The van der Waals surface area contributed by atoms with Gasteiger partial charge in [0.25, 0.3) is 5.91 Å². The highest BCUT2D eigenvalue weighted by Gasteiger charge is 2.28. The second kappa shape index (κ2) is 9.07. The van der Waals surface area contributed by atoms with E-state index in [9.17, 15) is 10.0 Å². The van der Waals surface area contributed by atoms with Crippen molar-refractivity contribution in [3.63, 3.8) is 0 Å². The molecule has 0 bridgehead atoms. The monoisotopic (exact) mass is 456 g/mol. The van der Waals surface area contributed by atoms with Gasteiger partial charge in [0.2, 0.25) is 0 Å². The summed E-state index contributed by atoms with van der Waals surface area (Å²) in [5.74, 6) is 0.553. The predicted octanol–water partition coefficient (Wildman–Crippen LogP) is 3.40. The highest BCUT2D eigenvalue weighted by atomic mass is 35.5. The van der Waals surface area contributed by atoms with Gasteiger partial charge in [0.05, 0.1) is 29.8 Å². The van der Waals surface area contributed by atoms with Crippen molar-refractivity contribution >= 4 is 28.9 Å². The standard InChI is InChI=1S/C22H23ClN5O4/c1-25-14-24-20(16-5-3-4-6-19(16)32-2)21(25)22(29)27-11-9-26(10-12-27)18-8-7-15(28(30)31)13-17(18)23/h3-8,13-14,30H,9-12H2,1-2H3/q-1. The molecule has 1 amide bonds. The quantitative estimate of drug-likeness (QED) is 0.587. The van der Waals surface area contributed by atoms with Crippen molar-refractivity contribution in [1.82, 2.24) is 14.5 Å². The molecular formula is C22H23ClN5O4-. The van der Waals surface area contributed by atoms with E-state index in [-0.39, 0.29) is 16.8 Å². The molecule has 1 fully saturated rings. The zero-order valence-corrected chi connectivity index (χ0v) is 18.5. The molecule has 0 spiro atoms. The first kappa shape index (κ1) is 21.9. The summed E-state index contributed by atoms with van der Waals surface area (Å²) < 4.78 is 7.19. The number of hydrogen-bond donors (Lipinski definition) is 1. The van der Waals surface area contributed by atoms with Crippen LogP contribution in [-0.2, 0) is 7.05 Å². The molecule has 1 aliphatic rings. The Bertz CT molecular complexity index is 1130. The van der Waals surface area contributed by atoms with Crippen molar-refractivity contribution in [3.05, 3.63) is 64.7 Å². The van der Waals surface area contributed by atoms with E-state index in [2.05, 4.69) is 4.98 Å². The topological polar surface area (TPSA) is 97.1 Å². The number of para-hydroxylation sites is 1. The number of aromatic nitrogens is 2. The number of ether oxygens (including phenoxy) is 1. The third kappa shape index (κ3) is 4.10. The van der Waals surface area contributed by atoms with Crippen LogP contribution in [0.5, 0.6) is 5.75 Å². The summed E-state index contributed by atoms with van der Waals surface area (Å²) in [7, 11) is 3.40. The second-order valence-corrected chi connectivity index (χ2v) is 7.85. The van der Waals surface area contributed by atoms with Gasteiger partial charge in [-0.25, -0.2) is 4.98 Å². The van der Waals surface area contributed by atoms with E-state index in [1.165, 1.54) is 12.1 Å². The van der Waals surface area contributed by atoms with Gasteiger partial charge < -0.3 is 29.5 Å².